The molecule has 0 saturated carbocycles. The Balaban J connectivity index is 1.48. The van der Waals surface area contributed by atoms with E-state index in [9.17, 15) is 9.59 Å². The lowest BCUT2D eigenvalue weighted by Gasteiger charge is -2.16. The molecule has 0 fully saturated rings. The molecule has 0 radical (unpaired) electrons. The molecular weight excluding hydrogens is 519 g/mol. The Hall–Kier alpha value is -2.03. The third-order valence-electron chi connectivity index (χ3n) is 4.60. The van der Waals surface area contributed by atoms with Crippen molar-refractivity contribution in [2.24, 2.45) is 0 Å². The predicted molar refractivity (Wildman–Crippen MR) is 124 cm³/mol. The largest absolute Gasteiger partial charge is 0.330 e. The number of rotatable bonds is 5. The van der Waals surface area contributed by atoms with Gasteiger partial charge in [-0.05, 0) is 88.1 Å². The molecule has 4 rings (SSSR count). The van der Waals surface area contributed by atoms with Gasteiger partial charge in [-0.25, -0.2) is 0 Å². The second-order valence-electron chi connectivity index (χ2n) is 6.62. The van der Waals surface area contributed by atoms with E-state index < -0.39 is 0 Å². The number of halogens is 2. The van der Waals surface area contributed by atoms with Crippen LogP contribution in [-0.4, -0.2) is 16.7 Å². The van der Waals surface area contributed by atoms with Crippen LogP contribution >= 0.6 is 46.1 Å². The molecule has 1 aliphatic rings. The summed E-state index contributed by atoms with van der Waals surface area (Å²) in [5.41, 5.74) is 3.26. The lowest BCUT2D eigenvalue weighted by molar-refractivity contribution is 0.0763. The van der Waals surface area contributed by atoms with Crippen LogP contribution in [0.1, 0.15) is 31.8 Å². The summed E-state index contributed by atoms with van der Waals surface area (Å²) < 4.78 is 3.96. The Bertz CT molecular complexity index is 1090. The molecule has 0 aromatic heterocycles. The zero-order valence-electron chi connectivity index (χ0n) is 15.2. The molecule has 0 saturated heterocycles. The SMILES string of the molecule is O=C(NSc1cccc2c1C(=O)N(Cc1cccc(I)c1)C2)c1ccc(Cl)cc1. The molecule has 1 heterocycles. The molecule has 3 aromatic rings. The normalized spacial score (nSPS) is 12.8. The third-order valence-corrected chi connectivity index (χ3v) is 6.37. The van der Waals surface area contributed by atoms with E-state index in [2.05, 4.69) is 33.4 Å². The number of fused-ring (bicyclic) bond motifs is 1. The molecule has 0 spiro atoms. The minimum absolute atomic E-state index is 0.0114. The first-order chi connectivity index (χ1) is 14.0. The highest BCUT2D eigenvalue weighted by Crippen LogP contribution is 2.32. The Labute approximate surface area is 191 Å². The predicted octanol–water partition coefficient (Wildman–Crippen LogP) is 5.54. The van der Waals surface area contributed by atoms with E-state index >= 15 is 0 Å². The van der Waals surface area contributed by atoms with Gasteiger partial charge < -0.3 is 4.90 Å². The second-order valence-corrected chi connectivity index (χ2v) is 9.15. The van der Waals surface area contributed by atoms with E-state index in [1.807, 2.05) is 41.3 Å². The van der Waals surface area contributed by atoms with Gasteiger partial charge in [-0.3, -0.25) is 14.3 Å². The van der Waals surface area contributed by atoms with Crippen molar-refractivity contribution < 1.29 is 9.59 Å². The Morgan fingerprint density at radius 1 is 1.10 bits per heavy atom. The van der Waals surface area contributed by atoms with Crippen LogP contribution in [0.5, 0.6) is 0 Å². The summed E-state index contributed by atoms with van der Waals surface area (Å²) >= 11 is 9.31. The van der Waals surface area contributed by atoms with E-state index in [0.29, 0.717) is 29.2 Å². The summed E-state index contributed by atoms with van der Waals surface area (Å²) in [4.78, 5) is 28.0. The molecule has 0 atom stereocenters. The highest BCUT2D eigenvalue weighted by atomic mass is 127. The number of nitrogens with one attached hydrogen (secondary N) is 1. The second kappa shape index (κ2) is 8.77. The van der Waals surface area contributed by atoms with Crippen LogP contribution in [0.25, 0.3) is 0 Å². The molecule has 0 aliphatic carbocycles. The van der Waals surface area contributed by atoms with E-state index in [1.165, 1.54) is 11.9 Å². The molecule has 1 N–H and O–H groups in total. The van der Waals surface area contributed by atoms with Gasteiger partial charge in [-0.15, -0.1) is 0 Å². The molecule has 0 bridgehead atoms. The van der Waals surface area contributed by atoms with Crippen LogP contribution in [0.4, 0.5) is 0 Å². The molecule has 4 nitrogen and oxygen atoms in total. The minimum atomic E-state index is -0.231. The quantitative estimate of drug-likeness (QED) is 0.346. The Kier molecular flexibility index (Phi) is 6.12. The molecular formula is C22H16ClIN2O2S. The summed E-state index contributed by atoms with van der Waals surface area (Å²) in [5.74, 6) is -0.242. The Morgan fingerprint density at radius 2 is 1.86 bits per heavy atom. The minimum Gasteiger partial charge on any atom is -0.330 e. The molecule has 2 amide bonds. The average molecular weight is 535 g/mol. The van der Waals surface area contributed by atoms with E-state index in [4.69, 9.17) is 11.6 Å². The third kappa shape index (κ3) is 4.60. The van der Waals surface area contributed by atoms with Gasteiger partial charge in [0.25, 0.3) is 11.8 Å². The van der Waals surface area contributed by atoms with Gasteiger partial charge in [0.15, 0.2) is 0 Å². The molecule has 146 valence electrons. The van der Waals surface area contributed by atoms with Crippen molar-refractivity contribution in [1.82, 2.24) is 9.62 Å². The summed E-state index contributed by atoms with van der Waals surface area (Å²) in [5, 5.41) is 0.578. The van der Waals surface area contributed by atoms with Crippen LogP contribution in [0.2, 0.25) is 5.02 Å². The van der Waals surface area contributed by atoms with Crippen molar-refractivity contribution in [2.45, 2.75) is 18.0 Å². The fraction of sp³-hybridized carbons (Fsp3) is 0.0909. The zero-order chi connectivity index (χ0) is 20.4. The number of carbonyl (C=O) groups is 2. The van der Waals surface area contributed by atoms with E-state index in [-0.39, 0.29) is 11.8 Å². The van der Waals surface area contributed by atoms with Crippen molar-refractivity contribution >= 4 is 58.0 Å². The van der Waals surface area contributed by atoms with Gasteiger partial charge in [-0.1, -0.05) is 35.9 Å². The molecule has 3 aromatic carbocycles. The van der Waals surface area contributed by atoms with Crippen molar-refractivity contribution in [3.63, 3.8) is 0 Å². The monoisotopic (exact) mass is 534 g/mol. The van der Waals surface area contributed by atoms with E-state index in [0.717, 1.165) is 19.6 Å². The van der Waals surface area contributed by atoms with E-state index in [1.54, 1.807) is 24.3 Å². The van der Waals surface area contributed by atoms with Crippen LogP contribution in [0.15, 0.2) is 71.6 Å². The highest BCUT2D eigenvalue weighted by molar-refractivity contribution is 14.1. The number of carbonyl (C=O) groups excluding carboxylic acids is 2. The van der Waals surface area contributed by atoms with Gasteiger partial charge in [-0.2, -0.15) is 0 Å². The first-order valence-corrected chi connectivity index (χ1v) is 11.2. The van der Waals surface area contributed by atoms with Crippen LogP contribution in [0.3, 0.4) is 0 Å². The molecule has 7 heteroatoms. The topological polar surface area (TPSA) is 49.4 Å². The van der Waals surface area contributed by atoms with Crippen molar-refractivity contribution in [3.05, 3.63) is 97.6 Å². The lowest BCUT2D eigenvalue weighted by atomic mass is 10.1. The zero-order valence-corrected chi connectivity index (χ0v) is 18.9. The van der Waals surface area contributed by atoms with Crippen LogP contribution < -0.4 is 4.72 Å². The van der Waals surface area contributed by atoms with Crippen molar-refractivity contribution in [2.75, 3.05) is 0 Å². The number of hydrogen-bond acceptors (Lipinski definition) is 3. The van der Waals surface area contributed by atoms with Gasteiger partial charge >= 0.3 is 0 Å². The fourth-order valence-corrected chi connectivity index (χ4v) is 4.74. The maximum Gasteiger partial charge on any atom is 0.261 e. The standard InChI is InChI=1S/C22H16ClIN2O2S/c23-17-9-7-15(8-10-17)21(27)25-29-19-6-2-4-16-13-26(22(28)20(16)19)12-14-3-1-5-18(24)11-14/h1-11H,12-13H2,(H,25,27). The van der Waals surface area contributed by atoms with Crippen molar-refractivity contribution in [3.8, 4) is 0 Å². The maximum absolute atomic E-state index is 13.0. The number of hydrogen-bond donors (Lipinski definition) is 1. The lowest BCUT2D eigenvalue weighted by Crippen LogP contribution is -2.23. The van der Waals surface area contributed by atoms with Crippen molar-refractivity contribution in [1.29, 1.82) is 0 Å². The number of amides is 2. The van der Waals surface area contributed by atoms with Gasteiger partial charge in [0, 0.05) is 32.1 Å². The van der Waals surface area contributed by atoms with Crippen LogP contribution in [-0.2, 0) is 13.1 Å². The van der Waals surface area contributed by atoms with Gasteiger partial charge in [0.2, 0.25) is 0 Å². The number of benzene rings is 3. The summed E-state index contributed by atoms with van der Waals surface area (Å²) in [6.45, 7) is 1.13. The van der Waals surface area contributed by atoms with Gasteiger partial charge in [0.05, 0.1) is 5.56 Å². The smallest absolute Gasteiger partial charge is 0.261 e. The molecule has 0 unspecified atom stereocenters. The summed E-state index contributed by atoms with van der Waals surface area (Å²) in [7, 11) is 0. The number of nitrogens with zero attached hydrogens (tertiary/aromatic N) is 1. The van der Waals surface area contributed by atoms with Gasteiger partial charge in [0.1, 0.15) is 0 Å². The highest BCUT2D eigenvalue weighted by Gasteiger charge is 2.30. The average Bonchev–Trinajstić information content (AvgIpc) is 3.03. The maximum atomic E-state index is 13.0. The molecule has 1 aliphatic heterocycles. The summed E-state index contributed by atoms with van der Waals surface area (Å²) in [6, 6.07) is 20.6. The first kappa shape index (κ1) is 20.3. The van der Waals surface area contributed by atoms with Crippen LogP contribution in [0, 0.1) is 3.57 Å². The summed E-state index contributed by atoms with van der Waals surface area (Å²) in [6.07, 6.45) is 0. The Morgan fingerprint density at radius 3 is 2.62 bits per heavy atom. The molecule has 29 heavy (non-hydrogen) atoms. The first-order valence-electron chi connectivity index (χ1n) is 8.89. The fourth-order valence-electron chi connectivity index (χ4n) is 3.22.